The first-order chi connectivity index (χ1) is 8.68. The van der Waals surface area contributed by atoms with Gasteiger partial charge in [-0.25, -0.2) is 0 Å². The summed E-state index contributed by atoms with van der Waals surface area (Å²) in [6, 6.07) is 0. The Morgan fingerprint density at radius 3 is 2.67 bits per heavy atom. The molecule has 1 fully saturated rings. The van der Waals surface area contributed by atoms with Crippen molar-refractivity contribution in [1.82, 2.24) is 10.6 Å². The Morgan fingerprint density at radius 2 is 2.00 bits per heavy atom. The highest BCUT2D eigenvalue weighted by atomic mass is 33.1. The minimum atomic E-state index is -0.0591. The molecule has 0 bridgehead atoms. The molecule has 6 heteroatoms. The van der Waals surface area contributed by atoms with Crippen LogP contribution in [0.2, 0.25) is 0 Å². The molecule has 0 radical (unpaired) electrons. The molecular weight excluding hydrogens is 268 g/mol. The molecule has 0 spiro atoms. The second kappa shape index (κ2) is 9.55. The van der Waals surface area contributed by atoms with Crippen molar-refractivity contribution in [1.29, 1.82) is 0 Å². The van der Waals surface area contributed by atoms with Gasteiger partial charge in [-0.3, -0.25) is 9.59 Å². The second-order valence-corrected chi connectivity index (χ2v) is 7.20. The molecule has 0 aromatic heterocycles. The van der Waals surface area contributed by atoms with Crippen molar-refractivity contribution in [3.63, 3.8) is 0 Å². The topological polar surface area (TPSA) is 58.2 Å². The van der Waals surface area contributed by atoms with Crippen LogP contribution < -0.4 is 10.6 Å². The fraction of sp³-hybridized carbons (Fsp3) is 0.833. The lowest BCUT2D eigenvalue weighted by molar-refractivity contribution is -0.122. The molecule has 104 valence electrons. The lowest BCUT2D eigenvalue weighted by atomic mass is 10.1. The van der Waals surface area contributed by atoms with Gasteiger partial charge in [0.05, 0.1) is 0 Å². The molecule has 0 aromatic rings. The Balaban J connectivity index is 1.88. The first kappa shape index (κ1) is 15.7. The molecule has 1 atom stereocenters. The molecule has 1 heterocycles. The van der Waals surface area contributed by atoms with Crippen LogP contribution in [0.25, 0.3) is 0 Å². The van der Waals surface area contributed by atoms with Crippen LogP contribution in [0.3, 0.4) is 0 Å². The maximum Gasteiger partial charge on any atom is 0.220 e. The molecule has 1 aliphatic rings. The van der Waals surface area contributed by atoms with Crippen molar-refractivity contribution in [2.45, 2.75) is 44.3 Å². The highest BCUT2D eigenvalue weighted by Gasteiger charge is 2.15. The first-order valence-corrected chi connectivity index (χ1v) is 8.86. The van der Waals surface area contributed by atoms with Gasteiger partial charge in [-0.05, 0) is 19.3 Å². The van der Waals surface area contributed by atoms with Gasteiger partial charge < -0.3 is 10.6 Å². The molecule has 18 heavy (non-hydrogen) atoms. The summed E-state index contributed by atoms with van der Waals surface area (Å²) < 4.78 is 0. The van der Waals surface area contributed by atoms with Gasteiger partial charge in [0.1, 0.15) is 0 Å². The van der Waals surface area contributed by atoms with Crippen LogP contribution in [0.1, 0.15) is 39.0 Å². The highest BCUT2D eigenvalue weighted by Crippen LogP contribution is 2.39. The van der Waals surface area contributed by atoms with E-state index < -0.39 is 0 Å². The van der Waals surface area contributed by atoms with Crippen LogP contribution in [-0.4, -0.2) is 35.9 Å². The van der Waals surface area contributed by atoms with Crippen LogP contribution in [0.5, 0.6) is 0 Å². The third kappa shape index (κ3) is 7.87. The number of carbonyl (C=O) groups is 2. The fourth-order valence-corrected chi connectivity index (χ4v) is 4.78. The van der Waals surface area contributed by atoms with Crippen LogP contribution in [-0.2, 0) is 9.59 Å². The van der Waals surface area contributed by atoms with Crippen LogP contribution in [0, 0.1) is 0 Å². The molecular formula is C12H22N2O2S2. The molecule has 4 nitrogen and oxygen atoms in total. The Morgan fingerprint density at radius 1 is 1.22 bits per heavy atom. The Hall–Kier alpha value is -0.360. The Labute approximate surface area is 117 Å². The monoisotopic (exact) mass is 290 g/mol. The van der Waals surface area contributed by atoms with Gasteiger partial charge >= 0.3 is 0 Å². The van der Waals surface area contributed by atoms with Gasteiger partial charge in [0.15, 0.2) is 0 Å². The molecule has 1 rings (SSSR count). The smallest absolute Gasteiger partial charge is 0.220 e. The molecule has 1 saturated heterocycles. The molecule has 2 amide bonds. The minimum absolute atomic E-state index is 0.0591. The molecule has 0 saturated carbocycles. The van der Waals surface area contributed by atoms with E-state index in [0.29, 0.717) is 19.5 Å². The zero-order valence-electron chi connectivity index (χ0n) is 10.9. The number of carbonyl (C=O) groups excluding carboxylic acids is 2. The maximum absolute atomic E-state index is 11.5. The standard InChI is InChI=1S/C12H22N2O2S2/c1-10(15)13-7-8-14-12(16)5-3-2-4-11-6-9-17-18-11/h11H,2-9H2,1H3,(H,13,15)(H,14,16)/t11-/m1/s1. The van der Waals surface area contributed by atoms with E-state index in [1.807, 2.05) is 21.6 Å². The summed E-state index contributed by atoms with van der Waals surface area (Å²) >= 11 is 0. The van der Waals surface area contributed by atoms with E-state index >= 15 is 0 Å². The highest BCUT2D eigenvalue weighted by molar-refractivity contribution is 8.77. The molecule has 0 unspecified atom stereocenters. The summed E-state index contributed by atoms with van der Waals surface area (Å²) in [7, 11) is 3.96. The maximum atomic E-state index is 11.5. The summed E-state index contributed by atoms with van der Waals surface area (Å²) in [6.45, 7) is 2.51. The number of amides is 2. The van der Waals surface area contributed by atoms with Gasteiger partial charge in [0.25, 0.3) is 0 Å². The lowest BCUT2D eigenvalue weighted by Crippen LogP contribution is -2.33. The molecule has 0 aromatic carbocycles. The third-order valence-corrected chi connectivity index (χ3v) is 5.74. The summed E-state index contributed by atoms with van der Waals surface area (Å²) in [5, 5.41) is 6.25. The van der Waals surface area contributed by atoms with Gasteiger partial charge in [-0.2, -0.15) is 0 Å². The second-order valence-electron chi connectivity index (χ2n) is 4.41. The normalized spacial score (nSPS) is 18.6. The number of unbranched alkanes of at least 4 members (excludes halogenated alkanes) is 1. The molecule has 1 aliphatic heterocycles. The average molecular weight is 290 g/mol. The van der Waals surface area contributed by atoms with Gasteiger partial charge in [-0.1, -0.05) is 28.0 Å². The number of hydrogen-bond acceptors (Lipinski definition) is 4. The van der Waals surface area contributed by atoms with Crippen LogP contribution >= 0.6 is 21.6 Å². The van der Waals surface area contributed by atoms with E-state index in [9.17, 15) is 9.59 Å². The van der Waals surface area contributed by atoms with Crippen molar-refractivity contribution in [3.05, 3.63) is 0 Å². The van der Waals surface area contributed by atoms with E-state index in [-0.39, 0.29) is 11.8 Å². The predicted molar refractivity (Wildman–Crippen MR) is 78.6 cm³/mol. The van der Waals surface area contributed by atoms with E-state index in [0.717, 1.165) is 18.1 Å². The predicted octanol–water partition coefficient (Wildman–Crippen LogP) is 1.95. The minimum Gasteiger partial charge on any atom is -0.355 e. The summed E-state index contributed by atoms with van der Waals surface area (Å²) in [4.78, 5) is 22.0. The van der Waals surface area contributed by atoms with Gasteiger partial charge in [0.2, 0.25) is 11.8 Å². The van der Waals surface area contributed by atoms with E-state index in [1.165, 1.54) is 25.5 Å². The van der Waals surface area contributed by atoms with E-state index in [1.54, 1.807) is 0 Å². The summed E-state index contributed by atoms with van der Waals surface area (Å²) in [5.41, 5.74) is 0. The van der Waals surface area contributed by atoms with Gasteiger partial charge in [0, 0.05) is 37.4 Å². The Kier molecular flexibility index (Phi) is 8.33. The van der Waals surface area contributed by atoms with Crippen molar-refractivity contribution in [2.75, 3.05) is 18.8 Å². The first-order valence-electron chi connectivity index (χ1n) is 6.48. The quantitative estimate of drug-likeness (QED) is 0.530. The van der Waals surface area contributed by atoms with Crippen molar-refractivity contribution < 1.29 is 9.59 Å². The largest absolute Gasteiger partial charge is 0.355 e. The SMILES string of the molecule is CC(=O)NCCNC(=O)CCCC[C@@H]1CCSS1. The van der Waals surface area contributed by atoms with Crippen molar-refractivity contribution >= 4 is 33.4 Å². The van der Waals surface area contributed by atoms with E-state index in [4.69, 9.17) is 0 Å². The number of hydrogen-bond donors (Lipinski definition) is 2. The van der Waals surface area contributed by atoms with Crippen molar-refractivity contribution in [2.24, 2.45) is 0 Å². The van der Waals surface area contributed by atoms with Crippen molar-refractivity contribution in [3.8, 4) is 0 Å². The fourth-order valence-electron chi connectivity index (χ4n) is 1.75. The summed E-state index contributed by atoms with van der Waals surface area (Å²) in [6.07, 6.45) is 5.25. The Bertz CT molecular complexity index is 269. The third-order valence-electron chi connectivity index (χ3n) is 2.73. The molecule has 0 aliphatic carbocycles. The number of nitrogens with one attached hydrogen (secondary N) is 2. The average Bonchev–Trinajstić information content (AvgIpc) is 2.83. The zero-order chi connectivity index (χ0) is 13.2. The van der Waals surface area contributed by atoms with Crippen LogP contribution in [0.15, 0.2) is 0 Å². The van der Waals surface area contributed by atoms with E-state index in [2.05, 4.69) is 10.6 Å². The summed E-state index contributed by atoms with van der Waals surface area (Å²) in [5.74, 6) is 1.31. The number of rotatable bonds is 8. The lowest BCUT2D eigenvalue weighted by Gasteiger charge is -2.07. The van der Waals surface area contributed by atoms with Gasteiger partial charge in [-0.15, -0.1) is 0 Å². The van der Waals surface area contributed by atoms with Crippen LogP contribution in [0.4, 0.5) is 0 Å². The zero-order valence-corrected chi connectivity index (χ0v) is 12.5. The molecule has 2 N–H and O–H groups in total.